The smallest absolute Gasteiger partial charge is 0.302 e. The fourth-order valence-corrected chi connectivity index (χ4v) is 1.90. The third-order valence-electron chi connectivity index (χ3n) is 3.08. The number of hydrogen-bond donors (Lipinski definition) is 1. The summed E-state index contributed by atoms with van der Waals surface area (Å²) in [4.78, 5) is 16.3. The monoisotopic (exact) mass is 348 g/mol. The SMILES string of the molecule is C/C(=C\c1ccc(C(F)(F)F)cc1)c1cc(C(F)(F)F)[nH]c(=O)n1. The Balaban J connectivity index is 2.38. The van der Waals surface area contributed by atoms with Crippen LogP contribution < -0.4 is 5.69 Å². The number of halogens is 6. The lowest BCUT2D eigenvalue weighted by molar-refractivity contribution is -0.141. The molecule has 0 bridgehead atoms. The van der Waals surface area contributed by atoms with Crippen molar-refractivity contribution in [2.75, 3.05) is 0 Å². The standard InChI is InChI=1S/C15H10F6N2O/c1-8(6-9-2-4-10(5-3-9)14(16,17)18)11-7-12(15(19,20)21)23-13(24)22-11/h2-7H,1H3,(H,22,23,24)/b8-6+. The number of benzene rings is 1. The van der Waals surface area contributed by atoms with Crippen molar-refractivity contribution < 1.29 is 26.3 Å². The molecule has 0 radical (unpaired) electrons. The lowest BCUT2D eigenvalue weighted by Gasteiger charge is -2.08. The van der Waals surface area contributed by atoms with Gasteiger partial charge in [0.25, 0.3) is 0 Å². The molecule has 0 aliphatic carbocycles. The number of hydrogen-bond acceptors (Lipinski definition) is 2. The Hall–Kier alpha value is -2.58. The zero-order chi connectivity index (χ0) is 18.1. The number of aromatic amines is 1. The fourth-order valence-electron chi connectivity index (χ4n) is 1.90. The van der Waals surface area contributed by atoms with Gasteiger partial charge in [0.2, 0.25) is 0 Å². The second-order valence-corrected chi connectivity index (χ2v) is 4.93. The van der Waals surface area contributed by atoms with Crippen LogP contribution in [0.2, 0.25) is 0 Å². The average molecular weight is 348 g/mol. The molecule has 1 aromatic heterocycles. The summed E-state index contributed by atoms with van der Waals surface area (Å²) in [5, 5.41) is 0. The molecule has 2 aromatic rings. The van der Waals surface area contributed by atoms with Crippen molar-refractivity contribution in [2.45, 2.75) is 19.3 Å². The normalized spacial score (nSPS) is 13.2. The van der Waals surface area contributed by atoms with Gasteiger partial charge in [0, 0.05) is 0 Å². The second kappa shape index (κ2) is 6.14. The summed E-state index contributed by atoms with van der Waals surface area (Å²) in [6.45, 7) is 1.40. The zero-order valence-corrected chi connectivity index (χ0v) is 12.1. The highest BCUT2D eigenvalue weighted by atomic mass is 19.4. The van der Waals surface area contributed by atoms with E-state index in [0.29, 0.717) is 11.6 Å². The fraction of sp³-hybridized carbons (Fsp3) is 0.200. The maximum Gasteiger partial charge on any atom is 0.431 e. The van der Waals surface area contributed by atoms with Crippen molar-refractivity contribution in [2.24, 2.45) is 0 Å². The molecular weight excluding hydrogens is 338 g/mol. The summed E-state index contributed by atoms with van der Waals surface area (Å²) in [6, 6.07) is 4.71. The second-order valence-electron chi connectivity index (χ2n) is 4.93. The minimum absolute atomic E-state index is 0.200. The van der Waals surface area contributed by atoms with E-state index in [4.69, 9.17) is 0 Å². The van der Waals surface area contributed by atoms with Crippen molar-refractivity contribution in [1.29, 1.82) is 0 Å². The van der Waals surface area contributed by atoms with E-state index < -0.39 is 29.3 Å². The van der Waals surface area contributed by atoms with Crippen molar-refractivity contribution in [1.82, 2.24) is 9.97 Å². The molecule has 0 fully saturated rings. The number of alkyl halides is 6. The third kappa shape index (κ3) is 4.24. The van der Waals surface area contributed by atoms with Crippen LogP contribution in [0.5, 0.6) is 0 Å². The first-order valence-corrected chi connectivity index (χ1v) is 6.51. The highest BCUT2D eigenvalue weighted by molar-refractivity contribution is 5.78. The van der Waals surface area contributed by atoms with Gasteiger partial charge in [0.05, 0.1) is 11.3 Å². The molecule has 2 rings (SSSR count). The van der Waals surface area contributed by atoms with Crippen LogP contribution in [0.3, 0.4) is 0 Å². The predicted octanol–water partition coefficient (Wildman–Crippen LogP) is 4.37. The molecule has 3 nitrogen and oxygen atoms in total. The number of H-pyrrole nitrogens is 1. The van der Waals surface area contributed by atoms with Gasteiger partial charge in [0.15, 0.2) is 0 Å². The Bertz CT molecular complexity index is 816. The Morgan fingerprint density at radius 1 is 1.04 bits per heavy atom. The third-order valence-corrected chi connectivity index (χ3v) is 3.08. The van der Waals surface area contributed by atoms with Crippen LogP contribution in [0.4, 0.5) is 26.3 Å². The molecule has 0 unspecified atom stereocenters. The van der Waals surface area contributed by atoms with E-state index >= 15 is 0 Å². The van der Waals surface area contributed by atoms with Crippen LogP contribution in [-0.4, -0.2) is 9.97 Å². The molecule has 0 saturated heterocycles. The van der Waals surface area contributed by atoms with Crippen LogP contribution >= 0.6 is 0 Å². The van der Waals surface area contributed by atoms with Gasteiger partial charge in [-0.25, -0.2) is 4.79 Å². The molecule has 0 amide bonds. The summed E-state index contributed by atoms with van der Waals surface area (Å²) < 4.78 is 75.4. The van der Waals surface area contributed by atoms with Crippen molar-refractivity contribution in [3.8, 4) is 0 Å². The summed E-state index contributed by atoms with van der Waals surface area (Å²) in [6.07, 6.45) is -7.89. The Kier molecular flexibility index (Phi) is 4.54. The van der Waals surface area contributed by atoms with Gasteiger partial charge in [-0.1, -0.05) is 12.1 Å². The van der Waals surface area contributed by atoms with Crippen LogP contribution in [0.1, 0.15) is 29.4 Å². The summed E-state index contributed by atoms with van der Waals surface area (Å²) in [7, 11) is 0. The van der Waals surface area contributed by atoms with E-state index in [0.717, 1.165) is 12.1 Å². The highest BCUT2D eigenvalue weighted by Gasteiger charge is 2.32. The van der Waals surface area contributed by atoms with Crippen molar-refractivity contribution >= 4 is 11.6 Å². The molecule has 0 aliphatic rings. The Morgan fingerprint density at radius 2 is 1.62 bits per heavy atom. The molecule has 0 aliphatic heterocycles. The molecule has 0 spiro atoms. The molecule has 1 aromatic carbocycles. The lowest BCUT2D eigenvalue weighted by Crippen LogP contribution is -2.20. The van der Waals surface area contributed by atoms with E-state index in [1.54, 1.807) is 4.98 Å². The van der Waals surface area contributed by atoms with E-state index in [-0.39, 0.29) is 11.3 Å². The summed E-state index contributed by atoms with van der Waals surface area (Å²) in [5.74, 6) is 0. The highest BCUT2D eigenvalue weighted by Crippen LogP contribution is 2.30. The Morgan fingerprint density at radius 3 is 2.12 bits per heavy atom. The van der Waals surface area contributed by atoms with Crippen LogP contribution in [0, 0.1) is 0 Å². The molecule has 24 heavy (non-hydrogen) atoms. The van der Waals surface area contributed by atoms with Gasteiger partial charge in [-0.2, -0.15) is 31.3 Å². The molecule has 1 heterocycles. The first-order chi connectivity index (χ1) is 11.0. The van der Waals surface area contributed by atoms with Gasteiger partial charge < -0.3 is 4.98 Å². The van der Waals surface area contributed by atoms with Gasteiger partial charge >= 0.3 is 18.0 Å². The topological polar surface area (TPSA) is 45.8 Å². The van der Waals surface area contributed by atoms with E-state index in [2.05, 4.69) is 4.98 Å². The lowest BCUT2D eigenvalue weighted by atomic mass is 10.1. The average Bonchev–Trinajstić information content (AvgIpc) is 2.45. The number of nitrogens with zero attached hydrogens (tertiary/aromatic N) is 1. The van der Waals surface area contributed by atoms with E-state index in [1.165, 1.54) is 25.1 Å². The molecule has 1 N–H and O–H groups in total. The number of rotatable bonds is 2. The molecule has 128 valence electrons. The van der Waals surface area contributed by atoms with Gasteiger partial charge in [0.1, 0.15) is 5.69 Å². The van der Waals surface area contributed by atoms with Crippen molar-refractivity contribution in [3.63, 3.8) is 0 Å². The maximum atomic E-state index is 12.7. The van der Waals surface area contributed by atoms with E-state index in [1.807, 2.05) is 0 Å². The predicted molar refractivity (Wildman–Crippen MR) is 74.8 cm³/mol. The van der Waals surface area contributed by atoms with Gasteiger partial charge in [-0.15, -0.1) is 0 Å². The summed E-state index contributed by atoms with van der Waals surface area (Å²) >= 11 is 0. The minimum Gasteiger partial charge on any atom is -0.302 e. The van der Waals surface area contributed by atoms with E-state index in [9.17, 15) is 31.1 Å². The quantitative estimate of drug-likeness (QED) is 0.820. The molecule has 0 atom stereocenters. The van der Waals surface area contributed by atoms with Crippen molar-refractivity contribution in [3.05, 3.63) is 63.3 Å². The number of aromatic nitrogens is 2. The van der Waals surface area contributed by atoms with Crippen LogP contribution in [0.15, 0.2) is 35.1 Å². The first kappa shape index (κ1) is 17.8. The molecule has 0 saturated carbocycles. The first-order valence-electron chi connectivity index (χ1n) is 6.51. The van der Waals surface area contributed by atoms with Gasteiger partial charge in [-0.3, -0.25) is 0 Å². The number of allylic oxidation sites excluding steroid dienone is 1. The largest absolute Gasteiger partial charge is 0.431 e. The maximum absolute atomic E-state index is 12.7. The minimum atomic E-state index is -4.74. The number of nitrogens with one attached hydrogen (secondary N) is 1. The van der Waals surface area contributed by atoms with Crippen LogP contribution in [-0.2, 0) is 12.4 Å². The zero-order valence-electron chi connectivity index (χ0n) is 12.1. The Labute approximate surface area is 131 Å². The van der Waals surface area contributed by atoms with Gasteiger partial charge in [-0.05, 0) is 42.3 Å². The molecular formula is C15H10F6N2O. The summed E-state index contributed by atoms with van der Waals surface area (Å²) in [5.41, 5.74) is -2.95. The van der Waals surface area contributed by atoms with Crippen LogP contribution in [0.25, 0.3) is 11.6 Å². The molecule has 9 heteroatoms.